The van der Waals surface area contributed by atoms with Crippen molar-refractivity contribution in [1.29, 1.82) is 0 Å². The molecule has 5 nitrogen and oxygen atoms in total. The van der Waals surface area contributed by atoms with E-state index in [0.29, 0.717) is 12.8 Å². The molecular weight excluding hydrogens is 407 g/mol. The summed E-state index contributed by atoms with van der Waals surface area (Å²) in [5.41, 5.74) is 0.314. The van der Waals surface area contributed by atoms with E-state index < -0.39 is 11.4 Å². The zero-order valence-electron chi connectivity index (χ0n) is 18.8. The van der Waals surface area contributed by atoms with Crippen LogP contribution in [0.1, 0.15) is 37.7 Å². The number of rotatable bonds is 9. The molecule has 1 atom stereocenters. The molecule has 0 saturated carbocycles. The third-order valence-electron chi connectivity index (χ3n) is 6.55. The number of aliphatic hydroxyl groups is 1. The molecule has 174 valence electrons. The van der Waals surface area contributed by atoms with Crippen LogP contribution >= 0.6 is 0 Å². The van der Waals surface area contributed by atoms with Gasteiger partial charge >= 0.3 is 0 Å². The number of likely N-dealkylation sites (tertiary alicyclic amines) is 2. The van der Waals surface area contributed by atoms with Crippen molar-refractivity contribution in [2.45, 2.75) is 44.2 Å². The first-order chi connectivity index (χ1) is 15.6. The fraction of sp³-hybridized carbons (Fsp3) is 0.538. The van der Waals surface area contributed by atoms with Gasteiger partial charge in [-0.3, -0.25) is 9.80 Å². The van der Waals surface area contributed by atoms with Crippen molar-refractivity contribution in [2.24, 2.45) is 0 Å². The van der Waals surface area contributed by atoms with Crippen LogP contribution in [0.25, 0.3) is 0 Å². The van der Waals surface area contributed by atoms with E-state index in [9.17, 15) is 9.50 Å². The number of hydrogen-bond acceptors (Lipinski definition) is 5. The molecule has 6 heteroatoms. The van der Waals surface area contributed by atoms with E-state index in [1.54, 1.807) is 18.2 Å². The fourth-order valence-corrected chi connectivity index (χ4v) is 4.56. The van der Waals surface area contributed by atoms with E-state index in [0.717, 1.165) is 45.0 Å². The van der Waals surface area contributed by atoms with Crippen LogP contribution in [0, 0.1) is 5.82 Å². The summed E-state index contributed by atoms with van der Waals surface area (Å²) in [6.07, 6.45) is 4.76. The number of halogens is 1. The van der Waals surface area contributed by atoms with Gasteiger partial charge in [-0.25, -0.2) is 4.39 Å². The van der Waals surface area contributed by atoms with Crippen molar-refractivity contribution in [2.75, 3.05) is 45.9 Å². The van der Waals surface area contributed by atoms with Crippen LogP contribution in [-0.2, 0) is 6.54 Å². The second-order valence-corrected chi connectivity index (χ2v) is 9.11. The Morgan fingerprint density at radius 1 is 0.844 bits per heavy atom. The van der Waals surface area contributed by atoms with Crippen LogP contribution in [0.3, 0.4) is 0 Å². The Morgan fingerprint density at radius 2 is 1.59 bits per heavy atom. The highest BCUT2D eigenvalue weighted by molar-refractivity contribution is 5.27. The molecule has 2 aromatic carbocycles. The first kappa shape index (κ1) is 23.0. The van der Waals surface area contributed by atoms with Gasteiger partial charge in [0.25, 0.3) is 0 Å². The molecule has 4 rings (SSSR count). The molecule has 0 aliphatic carbocycles. The van der Waals surface area contributed by atoms with Crippen LogP contribution in [0.5, 0.6) is 11.5 Å². The normalized spacial score (nSPS) is 22.6. The second-order valence-electron chi connectivity index (χ2n) is 9.11. The van der Waals surface area contributed by atoms with E-state index in [1.807, 2.05) is 0 Å². The van der Waals surface area contributed by atoms with Crippen molar-refractivity contribution in [3.05, 3.63) is 59.9 Å². The number of ether oxygens (including phenoxy) is 2. The van der Waals surface area contributed by atoms with Crippen LogP contribution in [0.2, 0.25) is 0 Å². The lowest BCUT2D eigenvalue weighted by molar-refractivity contribution is -0.0177. The van der Waals surface area contributed by atoms with Crippen LogP contribution in [0.15, 0.2) is 48.5 Å². The van der Waals surface area contributed by atoms with Gasteiger partial charge in [-0.2, -0.15) is 0 Å². The second kappa shape index (κ2) is 11.1. The summed E-state index contributed by atoms with van der Waals surface area (Å²) >= 11 is 0. The van der Waals surface area contributed by atoms with Gasteiger partial charge in [0.1, 0.15) is 19.0 Å². The van der Waals surface area contributed by atoms with Gasteiger partial charge in [-0.1, -0.05) is 24.3 Å². The topological polar surface area (TPSA) is 45.2 Å². The van der Waals surface area contributed by atoms with E-state index in [-0.39, 0.29) is 12.4 Å². The van der Waals surface area contributed by atoms with E-state index >= 15 is 0 Å². The fourth-order valence-electron chi connectivity index (χ4n) is 4.56. The monoisotopic (exact) mass is 442 g/mol. The molecule has 2 aromatic rings. The maximum absolute atomic E-state index is 13.8. The number of hydrogen-bond donors (Lipinski definition) is 1. The van der Waals surface area contributed by atoms with Crippen LogP contribution < -0.4 is 9.47 Å². The summed E-state index contributed by atoms with van der Waals surface area (Å²) in [6.45, 7) is 6.80. The predicted molar refractivity (Wildman–Crippen MR) is 124 cm³/mol. The summed E-state index contributed by atoms with van der Waals surface area (Å²) in [4.78, 5) is 4.82. The maximum Gasteiger partial charge on any atom is 0.165 e. The van der Waals surface area contributed by atoms with Crippen molar-refractivity contribution < 1.29 is 19.0 Å². The molecule has 32 heavy (non-hydrogen) atoms. The molecule has 0 aromatic heterocycles. The highest BCUT2D eigenvalue weighted by Crippen LogP contribution is 2.26. The van der Waals surface area contributed by atoms with Crippen molar-refractivity contribution in [1.82, 2.24) is 9.80 Å². The number of benzene rings is 2. The van der Waals surface area contributed by atoms with Gasteiger partial charge in [0.2, 0.25) is 0 Å². The smallest absolute Gasteiger partial charge is 0.165 e. The highest BCUT2D eigenvalue weighted by Gasteiger charge is 2.31. The third-order valence-corrected chi connectivity index (χ3v) is 6.55. The molecule has 2 aliphatic rings. The zero-order chi connectivity index (χ0) is 22.2. The molecule has 2 heterocycles. The van der Waals surface area contributed by atoms with Gasteiger partial charge in [0.05, 0.1) is 5.60 Å². The van der Waals surface area contributed by atoms with Crippen LogP contribution in [-0.4, -0.2) is 66.4 Å². The van der Waals surface area contributed by atoms with Gasteiger partial charge in [0.15, 0.2) is 11.6 Å². The zero-order valence-corrected chi connectivity index (χ0v) is 18.8. The lowest BCUT2D eigenvalue weighted by Gasteiger charge is -2.27. The van der Waals surface area contributed by atoms with Crippen molar-refractivity contribution in [3.8, 4) is 11.5 Å². The van der Waals surface area contributed by atoms with E-state index in [2.05, 4.69) is 34.1 Å². The Bertz CT molecular complexity index is 841. The molecule has 0 unspecified atom stereocenters. The van der Waals surface area contributed by atoms with Gasteiger partial charge in [-0.15, -0.1) is 0 Å². The summed E-state index contributed by atoms with van der Waals surface area (Å²) in [7, 11) is 0. The van der Waals surface area contributed by atoms with Crippen molar-refractivity contribution >= 4 is 0 Å². The Labute approximate surface area is 190 Å². The number of para-hydroxylation sites is 1. The number of nitrogens with zero attached hydrogens (tertiary/aromatic N) is 2. The minimum absolute atomic E-state index is 0.116. The molecule has 0 bridgehead atoms. The predicted octanol–water partition coefficient (Wildman–Crippen LogP) is 4.10. The Kier molecular flexibility index (Phi) is 8.00. The summed E-state index contributed by atoms with van der Waals surface area (Å²) < 4.78 is 25.3. The minimum Gasteiger partial charge on any atom is -0.492 e. The molecule has 2 saturated heterocycles. The molecule has 0 spiro atoms. The molecule has 1 N–H and O–H groups in total. The molecule has 0 radical (unpaired) electrons. The third kappa shape index (κ3) is 6.67. The van der Waals surface area contributed by atoms with Crippen molar-refractivity contribution in [3.63, 3.8) is 0 Å². The summed E-state index contributed by atoms with van der Waals surface area (Å²) in [6, 6.07) is 14.7. The van der Waals surface area contributed by atoms with E-state index in [1.165, 1.54) is 37.6 Å². The molecule has 0 amide bonds. The molecular formula is C26H35FN2O3. The van der Waals surface area contributed by atoms with Gasteiger partial charge in [-0.05, 0) is 81.6 Å². The largest absolute Gasteiger partial charge is 0.492 e. The first-order valence-corrected chi connectivity index (χ1v) is 11.9. The SMILES string of the molecule is O[C@@]1(COc2ccccc2F)CCCN(Cc2ccc(OCCN3CCCC3)cc2)CC1. The Hall–Kier alpha value is -2.15. The lowest BCUT2D eigenvalue weighted by Crippen LogP contribution is -2.37. The minimum atomic E-state index is -0.927. The Balaban J connectivity index is 1.21. The van der Waals surface area contributed by atoms with Crippen LogP contribution in [0.4, 0.5) is 4.39 Å². The Morgan fingerprint density at radius 3 is 2.38 bits per heavy atom. The van der Waals surface area contributed by atoms with Gasteiger partial charge in [0, 0.05) is 19.6 Å². The average molecular weight is 443 g/mol. The summed E-state index contributed by atoms with van der Waals surface area (Å²) in [5.74, 6) is 0.725. The summed E-state index contributed by atoms with van der Waals surface area (Å²) in [5, 5.41) is 11.0. The van der Waals surface area contributed by atoms with E-state index in [4.69, 9.17) is 9.47 Å². The maximum atomic E-state index is 13.8. The lowest BCUT2D eigenvalue weighted by atomic mass is 9.96. The van der Waals surface area contributed by atoms with Gasteiger partial charge < -0.3 is 14.6 Å². The molecule has 2 aliphatic heterocycles. The average Bonchev–Trinajstić information content (AvgIpc) is 3.25. The first-order valence-electron chi connectivity index (χ1n) is 11.9. The molecule has 2 fully saturated rings. The standard InChI is InChI=1S/C26H35FN2O3/c27-24-6-1-2-7-25(24)32-21-26(30)12-5-16-29(17-13-26)20-22-8-10-23(11-9-22)31-19-18-28-14-3-4-15-28/h1-2,6-11,30H,3-5,12-21H2/t26-/m0/s1. The quantitative estimate of drug-likeness (QED) is 0.634. The highest BCUT2D eigenvalue weighted by atomic mass is 19.1.